The van der Waals surface area contributed by atoms with Crippen LogP contribution in [-0.4, -0.2) is 12.3 Å². The number of anilines is 2. The molecule has 66 valence electrons. The van der Waals surface area contributed by atoms with Crippen LogP contribution in [-0.2, 0) is 0 Å². The first-order valence-electron chi connectivity index (χ1n) is 3.25. The summed E-state index contributed by atoms with van der Waals surface area (Å²) >= 11 is 0. The number of methoxy groups -OCH3 is 1. The highest BCUT2D eigenvalue weighted by Gasteiger charge is 2.00. The van der Waals surface area contributed by atoms with E-state index in [9.17, 15) is 5.21 Å². The zero-order chi connectivity index (χ0) is 9.14. The van der Waals surface area contributed by atoms with E-state index in [1.165, 1.54) is 19.2 Å². The molecule has 3 N–H and O–H groups in total. The van der Waals surface area contributed by atoms with Crippen molar-refractivity contribution < 1.29 is 9.94 Å². The van der Waals surface area contributed by atoms with Crippen molar-refractivity contribution in [2.45, 2.75) is 0 Å². The van der Waals surface area contributed by atoms with Crippen LogP contribution < -0.4 is 15.7 Å². The fourth-order valence-corrected chi connectivity index (χ4v) is 0.816. The van der Waals surface area contributed by atoms with Gasteiger partial charge in [0.1, 0.15) is 5.75 Å². The maximum atomic E-state index is 10.5. The minimum atomic E-state index is -0.294. The lowest BCUT2D eigenvalue weighted by Gasteiger charge is -2.23. The number of nitrogens with two attached hydrogens (primary N) is 1. The number of ether oxygens (including phenoxy) is 1. The zero-order valence-corrected chi connectivity index (χ0v) is 6.52. The van der Waals surface area contributed by atoms with Gasteiger partial charge in [-0.05, 0) is 12.1 Å². The topological polar surface area (TPSA) is 81.8 Å². The second kappa shape index (κ2) is 3.29. The number of rotatable bonds is 2. The Morgan fingerprint density at radius 1 is 1.58 bits per heavy atom. The summed E-state index contributed by atoms with van der Waals surface area (Å²) in [5.41, 5.74) is 5.57. The smallest absolute Gasteiger partial charge is 0.121 e. The highest BCUT2D eigenvalue weighted by molar-refractivity contribution is 5.68. The van der Waals surface area contributed by atoms with Gasteiger partial charge in [-0.25, -0.2) is 0 Å². The van der Waals surface area contributed by atoms with E-state index in [0.717, 1.165) is 0 Å². The van der Waals surface area contributed by atoms with Gasteiger partial charge in [0.25, 0.3) is 0 Å². The van der Waals surface area contributed by atoms with E-state index < -0.39 is 0 Å². The normalized spacial score (nSPS) is 9.58. The van der Waals surface area contributed by atoms with Crippen molar-refractivity contribution in [3.05, 3.63) is 23.4 Å². The predicted molar refractivity (Wildman–Crippen MR) is 45.0 cm³/mol. The summed E-state index contributed by atoms with van der Waals surface area (Å²) in [6.45, 7) is 0. The molecule has 1 rings (SSSR count). The highest BCUT2D eigenvalue weighted by atomic mass is 16.8. The van der Waals surface area contributed by atoms with E-state index in [1.54, 1.807) is 6.07 Å². The van der Waals surface area contributed by atoms with Gasteiger partial charge in [-0.15, -0.1) is 0 Å². The van der Waals surface area contributed by atoms with Gasteiger partial charge in [0.05, 0.1) is 18.5 Å². The molecular weight excluding hydrogens is 160 g/mol. The Kier molecular flexibility index (Phi) is 2.37. The van der Waals surface area contributed by atoms with Crippen LogP contribution in [0.5, 0.6) is 5.75 Å². The van der Waals surface area contributed by atoms with E-state index in [-0.39, 0.29) is 16.6 Å². The molecule has 0 aromatic heterocycles. The molecule has 5 heteroatoms. The van der Waals surface area contributed by atoms with Gasteiger partial charge in [-0.2, -0.15) is 0 Å². The van der Waals surface area contributed by atoms with E-state index in [0.29, 0.717) is 5.75 Å². The number of benzene rings is 1. The first-order chi connectivity index (χ1) is 5.65. The summed E-state index contributed by atoms with van der Waals surface area (Å²) in [5.74, 6) is 0.467. The highest BCUT2D eigenvalue weighted by Crippen LogP contribution is 2.26. The van der Waals surface area contributed by atoms with Crippen LogP contribution >= 0.6 is 0 Å². The third-order valence-corrected chi connectivity index (χ3v) is 1.44. The third kappa shape index (κ3) is 1.58. The number of hydrogen-bond acceptors (Lipinski definition) is 5. The van der Waals surface area contributed by atoms with Gasteiger partial charge in [0.2, 0.25) is 0 Å². The molecule has 0 fully saturated rings. The van der Waals surface area contributed by atoms with Gasteiger partial charge in [-0.1, -0.05) is 0 Å². The fourth-order valence-electron chi connectivity index (χ4n) is 0.816. The summed E-state index contributed by atoms with van der Waals surface area (Å²) in [6.07, 6.45) is 0. The molecule has 0 spiro atoms. The van der Waals surface area contributed by atoms with Gasteiger partial charge >= 0.3 is 0 Å². The summed E-state index contributed by atoms with van der Waals surface area (Å²) in [6, 6.07) is 4.43. The molecule has 0 aliphatic rings. The van der Waals surface area contributed by atoms with Crippen LogP contribution in [0, 0.1) is 5.21 Å². The fraction of sp³-hybridized carbons (Fsp3) is 0.143. The summed E-state index contributed by atoms with van der Waals surface area (Å²) in [4.78, 5) is 0. The largest absolute Gasteiger partial charge is 0.733 e. The van der Waals surface area contributed by atoms with Crippen LogP contribution in [0.15, 0.2) is 18.2 Å². The molecule has 12 heavy (non-hydrogen) atoms. The van der Waals surface area contributed by atoms with E-state index in [4.69, 9.17) is 15.7 Å². The predicted octanol–water partition coefficient (Wildman–Crippen LogP) is 0.971. The van der Waals surface area contributed by atoms with Crippen molar-refractivity contribution in [1.29, 1.82) is 0 Å². The molecule has 0 unspecified atom stereocenters. The number of nitrogen functional groups attached to an aromatic ring is 1. The first kappa shape index (κ1) is 8.63. The van der Waals surface area contributed by atoms with Gasteiger partial charge < -0.3 is 20.9 Å². The minimum absolute atomic E-state index is 0.0191. The van der Waals surface area contributed by atoms with Crippen molar-refractivity contribution in [2.75, 3.05) is 18.1 Å². The summed E-state index contributed by atoms with van der Waals surface area (Å²) in [5, 5.41) is 18.7. The van der Waals surface area contributed by atoms with Crippen molar-refractivity contribution in [3.8, 4) is 5.75 Å². The summed E-state index contributed by atoms with van der Waals surface area (Å²) < 4.78 is 4.83. The van der Waals surface area contributed by atoms with E-state index in [2.05, 4.69) is 0 Å². The number of hydrogen-bond donors (Lipinski definition) is 2. The van der Waals surface area contributed by atoms with Crippen LogP contribution in [0.1, 0.15) is 0 Å². The second-order valence-electron chi connectivity index (χ2n) is 2.20. The standard InChI is InChI=1S/C7H9N2O3/c1-12-5-2-3-6(8)7(4-5)9(10)11/h2-4,10H,8H2,1H3/q-1. The van der Waals surface area contributed by atoms with Crippen LogP contribution in [0.25, 0.3) is 0 Å². The quantitative estimate of drug-likeness (QED) is 0.509. The molecule has 0 saturated heterocycles. The lowest BCUT2D eigenvalue weighted by molar-refractivity contribution is 0.296. The Hall–Kier alpha value is -1.46. The molecule has 0 atom stereocenters. The first-order valence-corrected chi connectivity index (χ1v) is 3.25. The molecule has 5 nitrogen and oxygen atoms in total. The molecule has 0 bridgehead atoms. The average molecular weight is 169 g/mol. The summed E-state index contributed by atoms with van der Waals surface area (Å²) in [7, 11) is 1.46. The van der Waals surface area contributed by atoms with E-state index >= 15 is 0 Å². The Bertz CT molecular complexity index is 275. The van der Waals surface area contributed by atoms with Gasteiger partial charge in [0, 0.05) is 6.07 Å². The van der Waals surface area contributed by atoms with Crippen LogP contribution in [0.4, 0.5) is 11.4 Å². The minimum Gasteiger partial charge on any atom is -0.733 e. The average Bonchev–Trinajstić information content (AvgIpc) is 2.05. The number of nitrogens with zero attached hydrogens (tertiary/aromatic N) is 1. The Labute approximate surface area is 69.5 Å². The molecule has 0 amide bonds. The Morgan fingerprint density at radius 3 is 2.75 bits per heavy atom. The Balaban J connectivity index is 3.08. The van der Waals surface area contributed by atoms with Gasteiger partial charge in [0.15, 0.2) is 0 Å². The van der Waals surface area contributed by atoms with E-state index in [1.807, 2.05) is 0 Å². The molecular formula is C7H9N2O3-. The SMILES string of the molecule is COc1ccc(N)c(N([O-])O)c1. The zero-order valence-electron chi connectivity index (χ0n) is 6.52. The van der Waals surface area contributed by atoms with Crippen LogP contribution in [0.2, 0.25) is 0 Å². The monoisotopic (exact) mass is 169 g/mol. The lowest BCUT2D eigenvalue weighted by Crippen LogP contribution is -2.09. The van der Waals surface area contributed by atoms with Crippen LogP contribution in [0.3, 0.4) is 0 Å². The van der Waals surface area contributed by atoms with Crippen molar-refractivity contribution >= 4 is 11.4 Å². The van der Waals surface area contributed by atoms with Crippen molar-refractivity contribution in [3.63, 3.8) is 0 Å². The molecule has 0 aliphatic carbocycles. The molecule has 0 radical (unpaired) electrons. The molecule has 1 aromatic rings. The molecule has 0 aliphatic heterocycles. The second-order valence-corrected chi connectivity index (χ2v) is 2.20. The maximum absolute atomic E-state index is 10.5. The molecule has 0 heterocycles. The Morgan fingerprint density at radius 2 is 2.25 bits per heavy atom. The van der Waals surface area contributed by atoms with Crippen molar-refractivity contribution in [2.24, 2.45) is 0 Å². The van der Waals surface area contributed by atoms with Crippen molar-refractivity contribution in [1.82, 2.24) is 0 Å². The molecule has 1 aromatic carbocycles. The molecule has 0 saturated carbocycles. The lowest BCUT2D eigenvalue weighted by atomic mass is 10.2. The third-order valence-electron chi connectivity index (χ3n) is 1.44. The maximum Gasteiger partial charge on any atom is 0.121 e. The van der Waals surface area contributed by atoms with Gasteiger partial charge in [-0.3, -0.25) is 5.21 Å².